The largest absolute Gasteiger partial charge is 0.309 e. The maximum atomic E-state index is 5.22. The van der Waals surface area contributed by atoms with E-state index in [0.29, 0.717) is 17.5 Å². The Hall–Kier alpha value is -7.43. The molecule has 0 fully saturated rings. The molecular weight excluding hydrogens is 681 g/mol. The van der Waals surface area contributed by atoms with E-state index in [1.54, 1.807) is 0 Å². The lowest BCUT2D eigenvalue weighted by Crippen LogP contribution is -2.28. The fourth-order valence-electron chi connectivity index (χ4n) is 9.00. The van der Waals surface area contributed by atoms with Crippen molar-refractivity contribution < 1.29 is 0 Å². The zero-order chi connectivity index (χ0) is 37.1. The molecule has 0 amide bonds. The summed E-state index contributed by atoms with van der Waals surface area (Å²) in [4.78, 5) is 15.5. The van der Waals surface area contributed by atoms with Crippen molar-refractivity contribution in [2.45, 2.75) is 5.41 Å². The molecule has 262 valence electrons. The van der Waals surface area contributed by atoms with E-state index in [0.717, 1.165) is 27.9 Å². The zero-order valence-electron chi connectivity index (χ0n) is 30.4. The predicted octanol–water partition coefficient (Wildman–Crippen LogP) is 12.3. The van der Waals surface area contributed by atoms with Gasteiger partial charge in [0.1, 0.15) is 0 Å². The van der Waals surface area contributed by atoms with Crippen LogP contribution in [0.1, 0.15) is 22.3 Å². The van der Waals surface area contributed by atoms with Gasteiger partial charge in [0.15, 0.2) is 17.5 Å². The van der Waals surface area contributed by atoms with Crippen LogP contribution in [0.2, 0.25) is 0 Å². The Balaban J connectivity index is 1.20. The highest BCUT2D eigenvalue weighted by molar-refractivity contribution is 6.09. The minimum absolute atomic E-state index is 0.629. The summed E-state index contributed by atoms with van der Waals surface area (Å²) in [6.45, 7) is 0. The van der Waals surface area contributed by atoms with E-state index < -0.39 is 5.41 Å². The molecule has 1 atom stereocenters. The first-order chi connectivity index (χ1) is 27.8. The number of hydrogen-bond acceptors (Lipinski definition) is 3. The molecule has 10 aromatic rings. The number of rotatable bonds is 6. The van der Waals surface area contributed by atoms with Crippen LogP contribution in [0.15, 0.2) is 206 Å². The highest BCUT2D eigenvalue weighted by Crippen LogP contribution is 2.58. The molecule has 56 heavy (non-hydrogen) atoms. The Morgan fingerprint density at radius 1 is 0.357 bits per heavy atom. The molecule has 1 unspecified atom stereocenters. The molecule has 11 rings (SSSR count). The molecule has 0 saturated heterocycles. The number of para-hydroxylation sites is 2. The van der Waals surface area contributed by atoms with Gasteiger partial charge in [-0.25, -0.2) is 15.0 Å². The zero-order valence-corrected chi connectivity index (χ0v) is 30.4. The maximum absolute atomic E-state index is 5.22. The van der Waals surface area contributed by atoms with Gasteiger partial charge >= 0.3 is 0 Å². The van der Waals surface area contributed by atoms with Gasteiger partial charge in [-0.2, -0.15) is 0 Å². The van der Waals surface area contributed by atoms with Crippen LogP contribution in [0.3, 0.4) is 0 Å². The van der Waals surface area contributed by atoms with Gasteiger partial charge in [-0.1, -0.05) is 182 Å². The standard InChI is InChI=1S/C52H34N4/c1-4-18-35(19-5-1)49-53-50(36-20-6-2-7-21-36)55-51(54-49)43-29-17-31-45-48(43)42-28-10-13-30-44(42)52(45,37-22-8-3-9-23-37)38-24-16-25-39(34-38)56-46-32-14-11-26-40(46)41-27-12-15-33-47(41)56/h1-34H. The van der Waals surface area contributed by atoms with E-state index in [2.05, 4.69) is 174 Å². The van der Waals surface area contributed by atoms with Gasteiger partial charge in [0.25, 0.3) is 0 Å². The molecule has 2 heterocycles. The molecule has 0 N–H and O–H groups in total. The fraction of sp³-hybridized carbons (Fsp3) is 0.0192. The van der Waals surface area contributed by atoms with Crippen molar-refractivity contribution in [2.75, 3.05) is 0 Å². The van der Waals surface area contributed by atoms with Crippen LogP contribution in [-0.2, 0) is 5.41 Å². The van der Waals surface area contributed by atoms with Gasteiger partial charge in [0.2, 0.25) is 0 Å². The Morgan fingerprint density at radius 3 is 1.50 bits per heavy atom. The molecule has 0 spiro atoms. The van der Waals surface area contributed by atoms with E-state index >= 15 is 0 Å². The molecule has 4 heteroatoms. The summed E-state index contributed by atoms with van der Waals surface area (Å²) >= 11 is 0. The lowest BCUT2D eigenvalue weighted by Gasteiger charge is -2.34. The summed E-state index contributed by atoms with van der Waals surface area (Å²) in [6, 6.07) is 73.4. The minimum Gasteiger partial charge on any atom is -0.309 e. The van der Waals surface area contributed by atoms with Crippen LogP contribution in [0.4, 0.5) is 0 Å². The normalized spacial score (nSPS) is 14.5. The number of nitrogens with zero attached hydrogens (tertiary/aromatic N) is 4. The lowest BCUT2D eigenvalue weighted by molar-refractivity contribution is 0.767. The van der Waals surface area contributed by atoms with Crippen LogP contribution in [-0.4, -0.2) is 19.5 Å². The molecule has 0 aliphatic heterocycles. The van der Waals surface area contributed by atoms with E-state index in [1.807, 2.05) is 36.4 Å². The van der Waals surface area contributed by atoms with Gasteiger partial charge in [0, 0.05) is 33.2 Å². The van der Waals surface area contributed by atoms with E-state index in [9.17, 15) is 0 Å². The van der Waals surface area contributed by atoms with E-state index in [-0.39, 0.29) is 0 Å². The summed E-state index contributed by atoms with van der Waals surface area (Å²) in [7, 11) is 0. The van der Waals surface area contributed by atoms with Crippen molar-refractivity contribution in [1.82, 2.24) is 19.5 Å². The number of aromatic nitrogens is 4. The van der Waals surface area contributed by atoms with Gasteiger partial charge in [0.05, 0.1) is 16.4 Å². The molecule has 0 radical (unpaired) electrons. The summed E-state index contributed by atoms with van der Waals surface area (Å²) in [5.74, 6) is 1.94. The molecular formula is C52H34N4. The molecule has 8 aromatic carbocycles. The van der Waals surface area contributed by atoms with Gasteiger partial charge in [-0.3, -0.25) is 0 Å². The first-order valence-electron chi connectivity index (χ1n) is 19.0. The first kappa shape index (κ1) is 32.0. The third-order valence-corrected chi connectivity index (χ3v) is 11.3. The Labute approximate surface area is 325 Å². The van der Waals surface area contributed by atoms with Crippen LogP contribution in [0.5, 0.6) is 0 Å². The van der Waals surface area contributed by atoms with Crippen molar-refractivity contribution >= 4 is 21.8 Å². The van der Waals surface area contributed by atoms with Crippen LogP contribution < -0.4 is 0 Å². The molecule has 0 bridgehead atoms. The molecule has 0 saturated carbocycles. The third-order valence-electron chi connectivity index (χ3n) is 11.3. The van der Waals surface area contributed by atoms with Crippen molar-refractivity contribution in [1.29, 1.82) is 0 Å². The maximum Gasteiger partial charge on any atom is 0.164 e. The van der Waals surface area contributed by atoms with Gasteiger partial charge in [-0.15, -0.1) is 0 Å². The Kier molecular flexibility index (Phi) is 7.36. The van der Waals surface area contributed by atoms with Gasteiger partial charge < -0.3 is 4.57 Å². The smallest absolute Gasteiger partial charge is 0.164 e. The number of hydrogen-bond donors (Lipinski definition) is 0. The topological polar surface area (TPSA) is 43.6 Å². The summed E-state index contributed by atoms with van der Waals surface area (Å²) in [5.41, 5.74) is 12.9. The number of fused-ring (bicyclic) bond motifs is 6. The van der Waals surface area contributed by atoms with Crippen LogP contribution >= 0.6 is 0 Å². The summed E-state index contributed by atoms with van der Waals surface area (Å²) in [5, 5.41) is 2.49. The second kappa shape index (κ2) is 12.9. The third kappa shape index (κ3) is 4.83. The van der Waals surface area contributed by atoms with Crippen molar-refractivity contribution in [2.24, 2.45) is 0 Å². The molecule has 4 nitrogen and oxygen atoms in total. The second-order valence-corrected chi connectivity index (χ2v) is 14.3. The average Bonchev–Trinajstić information content (AvgIpc) is 3.78. The Morgan fingerprint density at radius 2 is 0.839 bits per heavy atom. The fourth-order valence-corrected chi connectivity index (χ4v) is 9.00. The molecule has 2 aromatic heterocycles. The first-order valence-corrected chi connectivity index (χ1v) is 19.0. The van der Waals surface area contributed by atoms with E-state index in [1.165, 1.54) is 49.6 Å². The van der Waals surface area contributed by atoms with Gasteiger partial charge in [-0.05, 0) is 57.6 Å². The molecule has 1 aliphatic carbocycles. The Bertz CT molecular complexity index is 2970. The van der Waals surface area contributed by atoms with Crippen molar-refractivity contribution in [3.63, 3.8) is 0 Å². The highest BCUT2D eigenvalue weighted by Gasteiger charge is 2.47. The number of benzene rings is 8. The second-order valence-electron chi connectivity index (χ2n) is 14.3. The van der Waals surface area contributed by atoms with E-state index in [4.69, 9.17) is 15.0 Å². The average molecular weight is 715 g/mol. The summed E-state index contributed by atoms with van der Waals surface area (Å²) < 4.78 is 2.41. The summed E-state index contributed by atoms with van der Waals surface area (Å²) in [6.07, 6.45) is 0. The van der Waals surface area contributed by atoms with Crippen LogP contribution in [0, 0.1) is 0 Å². The quantitative estimate of drug-likeness (QED) is 0.172. The van der Waals surface area contributed by atoms with Crippen molar-refractivity contribution in [3.05, 3.63) is 229 Å². The predicted molar refractivity (Wildman–Crippen MR) is 228 cm³/mol. The van der Waals surface area contributed by atoms with Crippen molar-refractivity contribution in [3.8, 4) is 51.0 Å². The lowest BCUT2D eigenvalue weighted by atomic mass is 9.67. The highest BCUT2D eigenvalue weighted by atomic mass is 15.0. The SMILES string of the molecule is c1ccc(-c2nc(-c3ccccc3)nc(-c3cccc4c3-c3ccccc3C4(c3ccccc3)c3cccc(-n4c5ccccc5c5ccccc54)c3)n2)cc1. The minimum atomic E-state index is -0.629. The van der Waals surface area contributed by atoms with Crippen LogP contribution in [0.25, 0.3) is 72.8 Å². The molecule has 1 aliphatic rings. The monoisotopic (exact) mass is 714 g/mol.